The number of esters is 1. The summed E-state index contributed by atoms with van der Waals surface area (Å²) in [6.07, 6.45) is 6.57. The van der Waals surface area contributed by atoms with Crippen LogP contribution in [0.1, 0.15) is 56.8 Å². The van der Waals surface area contributed by atoms with Crippen LogP contribution in [-0.2, 0) is 4.74 Å². The van der Waals surface area contributed by atoms with Crippen LogP contribution in [0.5, 0.6) is 0 Å². The van der Waals surface area contributed by atoms with E-state index in [0.29, 0.717) is 23.0 Å². The lowest BCUT2D eigenvalue weighted by molar-refractivity contribution is 0.0601. The van der Waals surface area contributed by atoms with E-state index in [9.17, 15) is 4.79 Å². The SMILES string of the molecule is COC(=O)c1ccc2nc(NC3CCC(C(C)(C)C)CC3)ncc2c1. The first-order chi connectivity index (χ1) is 11.9. The second kappa shape index (κ2) is 6.98. The van der Waals surface area contributed by atoms with Crippen LogP contribution >= 0.6 is 0 Å². The van der Waals surface area contributed by atoms with Crippen LogP contribution in [0.4, 0.5) is 5.95 Å². The van der Waals surface area contributed by atoms with E-state index in [2.05, 4.69) is 36.1 Å². The maximum Gasteiger partial charge on any atom is 0.337 e. The van der Waals surface area contributed by atoms with Crippen molar-refractivity contribution in [2.45, 2.75) is 52.5 Å². The lowest BCUT2D eigenvalue weighted by Gasteiger charge is -2.37. The van der Waals surface area contributed by atoms with Crippen LogP contribution in [-0.4, -0.2) is 29.1 Å². The molecule has 0 radical (unpaired) electrons. The van der Waals surface area contributed by atoms with E-state index in [0.717, 1.165) is 29.7 Å². The van der Waals surface area contributed by atoms with Gasteiger partial charge in [-0.05, 0) is 55.2 Å². The number of carbonyl (C=O) groups is 1. The van der Waals surface area contributed by atoms with E-state index < -0.39 is 0 Å². The summed E-state index contributed by atoms with van der Waals surface area (Å²) >= 11 is 0. The van der Waals surface area contributed by atoms with E-state index >= 15 is 0 Å². The average molecular weight is 341 g/mol. The molecular formula is C20H27N3O2. The number of benzene rings is 1. The number of nitrogens with zero attached hydrogens (tertiary/aromatic N) is 2. The number of carbonyl (C=O) groups excluding carboxylic acids is 1. The van der Waals surface area contributed by atoms with E-state index in [1.807, 2.05) is 6.07 Å². The highest BCUT2D eigenvalue weighted by atomic mass is 16.5. The Labute approximate surface area is 149 Å². The first-order valence-electron chi connectivity index (χ1n) is 8.98. The standard InChI is InChI=1S/C20H27N3O2/c1-20(2,3)15-6-8-16(9-7-15)22-19-21-12-14-11-13(18(24)25-4)5-10-17(14)23-19/h5,10-12,15-16H,6-9H2,1-4H3,(H,21,22,23). The second-order valence-electron chi connectivity index (χ2n) is 8.02. The lowest BCUT2D eigenvalue weighted by atomic mass is 9.71. The van der Waals surface area contributed by atoms with Crippen LogP contribution in [0.15, 0.2) is 24.4 Å². The van der Waals surface area contributed by atoms with E-state index in [1.165, 1.54) is 20.0 Å². The van der Waals surface area contributed by atoms with Crippen molar-refractivity contribution in [3.8, 4) is 0 Å². The fraction of sp³-hybridized carbons (Fsp3) is 0.550. The van der Waals surface area contributed by atoms with Gasteiger partial charge in [0.05, 0.1) is 18.2 Å². The fourth-order valence-corrected chi connectivity index (χ4v) is 3.63. The Hall–Kier alpha value is -2.17. The zero-order chi connectivity index (χ0) is 18.0. The molecule has 1 aromatic carbocycles. The zero-order valence-corrected chi connectivity index (χ0v) is 15.5. The van der Waals surface area contributed by atoms with Crippen molar-refractivity contribution in [1.82, 2.24) is 9.97 Å². The smallest absolute Gasteiger partial charge is 0.337 e. The molecule has 2 aromatic rings. The van der Waals surface area contributed by atoms with Gasteiger partial charge in [-0.15, -0.1) is 0 Å². The summed E-state index contributed by atoms with van der Waals surface area (Å²) in [6, 6.07) is 5.77. The molecule has 0 aliphatic heterocycles. The molecule has 1 heterocycles. The Bertz CT molecular complexity index is 759. The minimum atomic E-state index is -0.347. The minimum absolute atomic E-state index is 0.347. The van der Waals surface area contributed by atoms with Gasteiger partial charge < -0.3 is 10.1 Å². The predicted octanol–water partition coefficient (Wildman–Crippen LogP) is 4.43. The van der Waals surface area contributed by atoms with Crippen molar-refractivity contribution in [2.75, 3.05) is 12.4 Å². The molecule has 3 rings (SSSR count). The zero-order valence-electron chi connectivity index (χ0n) is 15.5. The summed E-state index contributed by atoms with van der Waals surface area (Å²) in [4.78, 5) is 20.6. The van der Waals surface area contributed by atoms with Crippen molar-refractivity contribution in [3.05, 3.63) is 30.0 Å². The highest BCUT2D eigenvalue weighted by Gasteiger charge is 2.29. The Morgan fingerprint density at radius 1 is 1.20 bits per heavy atom. The third-order valence-electron chi connectivity index (χ3n) is 5.29. The van der Waals surface area contributed by atoms with Crippen LogP contribution in [0.3, 0.4) is 0 Å². The molecule has 5 heteroatoms. The number of rotatable bonds is 3. The first-order valence-corrected chi connectivity index (χ1v) is 8.98. The number of aromatic nitrogens is 2. The number of methoxy groups -OCH3 is 1. The average Bonchev–Trinajstić information content (AvgIpc) is 2.60. The molecule has 0 spiro atoms. The molecule has 0 atom stereocenters. The number of hydrogen-bond donors (Lipinski definition) is 1. The Morgan fingerprint density at radius 3 is 2.56 bits per heavy atom. The van der Waals surface area contributed by atoms with Gasteiger partial charge in [0.1, 0.15) is 0 Å². The maximum absolute atomic E-state index is 11.6. The molecule has 5 nitrogen and oxygen atoms in total. The van der Waals surface area contributed by atoms with Gasteiger partial charge >= 0.3 is 5.97 Å². The summed E-state index contributed by atoms with van der Waals surface area (Å²) in [5, 5.41) is 4.32. The second-order valence-corrected chi connectivity index (χ2v) is 8.02. The van der Waals surface area contributed by atoms with Gasteiger partial charge in [0.15, 0.2) is 0 Å². The lowest BCUT2D eigenvalue weighted by Crippen LogP contribution is -2.32. The van der Waals surface area contributed by atoms with Gasteiger partial charge in [0.25, 0.3) is 0 Å². The van der Waals surface area contributed by atoms with Gasteiger partial charge in [-0.1, -0.05) is 20.8 Å². The summed E-state index contributed by atoms with van der Waals surface area (Å²) in [6.45, 7) is 7.00. The van der Waals surface area contributed by atoms with Crippen LogP contribution in [0.2, 0.25) is 0 Å². The fourth-order valence-electron chi connectivity index (χ4n) is 3.63. The summed E-state index contributed by atoms with van der Waals surface area (Å²) in [5.74, 6) is 1.11. The molecule has 0 amide bonds. The van der Waals surface area contributed by atoms with Crippen molar-refractivity contribution in [2.24, 2.45) is 11.3 Å². The van der Waals surface area contributed by atoms with E-state index in [4.69, 9.17) is 4.74 Å². The van der Waals surface area contributed by atoms with Gasteiger partial charge in [-0.3, -0.25) is 0 Å². The van der Waals surface area contributed by atoms with Crippen molar-refractivity contribution < 1.29 is 9.53 Å². The Morgan fingerprint density at radius 2 is 1.92 bits per heavy atom. The number of hydrogen-bond acceptors (Lipinski definition) is 5. The highest BCUT2D eigenvalue weighted by molar-refractivity contribution is 5.94. The number of anilines is 1. The van der Waals surface area contributed by atoms with Gasteiger partial charge in [-0.25, -0.2) is 14.8 Å². The molecule has 1 saturated carbocycles. The molecule has 0 unspecified atom stereocenters. The molecular weight excluding hydrogens is 314 g/mol. The molecule has 1 aromatic heterocycles. The Balaban J connectivity index is 1.68. The van der Waals surface area contributed by atoms with Gasteiger partial charge in [0.2, 0.25) is 5.95 Å². The summed E-state index contributed by atoms with van der Waals surface area (Å²) in [7, 11) is 1.38. The number of fused-ring (bicyclic) bond motifs is 1. The van der Waals surface area contributed by atoms with Gasteiger partial charge in [-0.2, -0.15) is 0 Å². The molecule has 1 N–H and O–H groups in total. The van der Waals surface area contributed by atoms with Crippen molar-refractivity contribution in [3.63, 3.8) is 0 Å². The summed E-state index contributed by atoms with van der Waals surface area (Å²) < 4.78 is 4.75. The van der Waals surface area contributed by atoms with Crippen LogP contribution < -0.4 is 5.32 Å². The molecule has 0 bridgehead atoms. The molecule has 25 heavy (non-hydrogen) atoms. The third-order valence-corrected chi connectivity index (χ3v) is 5.29. The number of ether oxygens (including phenoxy) is 1. The van der Waals surface area contributed by atoms with Crippen molar-refractivity contribution in [1.29, 1.82) is 0 Å². The van der Waals surface area contributed by atoms with Crippen LogP contribution in [0, 0.1) is 11.3 Å². The predicted molar refractivity (Wildman–Crippen MR) is 99.7 cm³/mol. The molecule has 1 aliphatic rings. The largest absolute Gasteiger partial charge is 0.465 e. The van der Waals surface area contributed by atoms with E-state index in [1.54, 1.807) is 18.3 Å². The molecule has 134 valence electrons. The normalized spacial score (nSPS) is 21.1. The summed E-state index contributed by atoms with van der Waals surface area (Å²) in [5.41, 5.74) is 1.73. The first kappa shape index (κ1) is 17.6. The molecule has 0 saturated heterocycles. The Kier molecular flexibility index (Phi) is 4.93. The highest BCUT2D eigenvalue weighted by Crippen LogP contribution is 2.38. The van der Waals surface area contributed by atoms with E-state index in [-0.39, 0.29) is 5.97 Å². The van der Waals surface area contributed by atoms with Crippen molar-refractivity contribution >= 4 is 22.8 Å². The number of nitrogens with one attached hydrogen (secondary N) is 1. The van der Waals surface area contributed by atoms with Crippen LogP contribution in [0.25, 0.3) is 10.9 Å². The minimum Gasteiger partial charge on any atom is -0.465 e. The maximum atomic E-state index is 11.6. The monoisotopic (exact) mass is 341 g/mol. The van der Waals surface area contributed by atoms with Gasteiger partial charge in [0, 0.05) is 17.6 Å². The third kappa shape index (κ3) is 4.09. The molecule has 1 aliphatic carbocycles. The molecule has 1 fully saturated rings. The quantitative estimate of drug-likeness (QED) is 0.837. The topological polar surface area (TPSA) is 64.1 Å².